The van der Waals surface area contributed by atoms with Crippen LogP contribution in [0.2, 0.25) is 0 Å². The van der Waals surface area contributed by atoms with Gasteiger partial charge in [-0.2, -0.15) is 0 Å². The lowest BCUT2D eigenvalue weighted by Crippen LogP contribution is -2.13. The minimum atomic E-state index is -1.41. The van der Waals surface area contributed by atoms with Crippen molar-refractivity contribution >= 4 is 0 Å². The number of hydrogen-bond donors (Lipinski definition) is 0. The first-order valence-electron chi connectivity index (χ1n) is 8.84. The second-order valence-corrected chi connectivity index (χ2v) is 6.85. The van der Waals surface area contributed by atoms with E-state index >= 15 is 0 Å². The van der Waals surface area contributed by atoms with Crippen molar-refractivity contribution in [2.45, 2.75) is 51.4 Å². The van der Waals surface area contributed by atoms with E-state index in [9.17, 15) is 13.2 Å². The lowest BCUT2D eigenvalue weighted by atomic mass is 9.77. The molecule has 0 saturated heterocycles. The molecule has 1 saturated carbocycles. The molecule has 24 heavy (non-hydrogen) atoms. The molecule has 1 aliphatic carbocycles. The quantitative estimate of drug-likeness (QED) is 0.537. The zero-order valence-corrected chi connectivity index (χ0v) is 14.0. The average Bonchev–Trinajstić information content (AvgIpc) is 2.61. The zero-order chi connectivity index (χ0) is 17.1. The van der Waals surface area contributed by atoms with Gasteiger partial charge in [-0.05, 0) is 60.8 Å². The van der Waals surface area contributed by atoms with Crippen molar-refractivity contribution in [2.75, 3.05) is 0 Å². The molecular weight excluding hydrogens is 309 g/mol. The van der Waals surface area contributed by atoms with Crippen LogP contribution in [0.3, 0.4) is 0 Å². The van der Waals surface area contributed by atoms with Crippen LogP contribution in [0.15, 0.2) is 36.4 Å². The van der Waals surface area contributed by atoms with Gasteiger partial charge in [-0.25, -0.2) is 13.2 Å². The first-order valence-corrected chi connectivity index (χ1v) is 8.84. The monoisotopic (exact) mass is 332 g/mol. The van der Waals surface area contributed by atoms with Crippen molar-refractivity contribution in [3.63, 3.8) is 0 Å². The Morgan fingerprint density at radius 1 is 0.833 bits per heavy atom. The summed E-state index contributed by atoms with van der Waals surface area (Å²) in [7, 11) is 0. The molecule has 0 atom stereocenters. The number of benzene rings is 2. The van der Waals surface area contributed by atoms with Gasteiger partial charge in [-0.15, -0.1) is 0 Å². The highest BCUT2D eigenvalue weighted by Crippen LogP contribution is 2.38. The maximum absolute atomic E-state index is 13.9. The van der Waals surface area contributed by atoms with Crippen LogP contribution in [0.5, 0.6) is 0 Å². The molecular formula is C21H23F3. The van der Waals surface area contributed by atoms with Gasteiger partial charge in [-0.3, -0.25) is 0 Å². The van der Waals surface area contributed by atoms with Crippen molar-refractivity contribution < 1.29 is 13.2 Å². The lowest BCUT2D eigenvalue weighted by Gasteiger charge is -2.28. The fourth-order valence-corrected chi connectivity index (χ4v) is 3.88. The summed E-state index contributed by atoms with van der Waals surface area (Å²) >= 11 is 0. The third kappa shape index (κ3) is 3.50. The highest BCUT2D eigenvalue weighted by Gasteiger charge is 2.22. The number of halogens is 3. The third-order valence-electron chi connectivity index (χ3n) is 5.27. The fourth-order valence-electron chi connectivity index (χ4n) is 3.88. The molecule has 128 valence electrons. The molecule has 0 spiro atoms. The fraction of sp³-hybridized carbons (Fsp3) is 0.429. The molecule has 2 aromatic rings. The Morgan fingerprint density at radius 2 is 1.50 bits per heavy atom. The Balaban J connectivity index is 1.74. The summed E-state index contributed by atoms with van der Waals surface area (Å²) in [5.74, 6) is -2.27. The predicted octanol–water partition coefficient (Wildman–Crippen LogP) is 6.84. The van der Waals surface area contributed by atoms with E-state index in [1.54, 1.807) is 0 Å². The maximum Gasteiger partial charge on any atom is 0.195 e. The van der Waals surface area contributed by atoms with Gasteiger partial charge in [0.15, 0.2) is 17.5 Å². The van der Waals surface area contributed by atoms with Crippen LogP contribution < -0.4 is 0 Å². The van der Waals surface area contributed by atoms with E-state index in [4.69, 9.17) is 0 Å². The van der Waals surface area contributed by atoms with Crippen LogP contribution in [-0.2, 0) is 0 Å². The van der Waals surface area contributed by atoms with Crippen LogP contribution in [-0.4, -0.2) is 0 Å². The predicted molar refractivity (Wildman–Crippen MR) is 91.4 cm³/mol. The molecule has 2 aromatic carbocycles. The van der Waals surface area contributed by atoms with Gasteiger partial charge in [0.05, 0.1) is 0 Å². The van der Waals surface area contributed by atoms with Crippen molar-refractivity contribution in [1.82, 2.24) is 0 Å². The molecule has 3 heteroatoms. The molecule has 1 aliphatic rings. The molecule has 0 amide bonds. The maximum atomic E-state index is 13.9. The summed E-state index contributed by atoms with van der Waals surface area (Å²) in [5, 5.41) is 0. The summed E-state index contributed by atoms with van der Waals surface area (Å²) < 4.78 is 40.4. The van der Waals surface area contributed by atoms with Crippen molar-refractivity contribution in [1.29, 1.82) is 0 Å². The molecule has 0 nitrogen and oxygen atoms in total. The van der Waals surface area contributed by atoms with Gasteiger partial charge in [0.25, 0.3) is 0 Å². The van der Waals surface area contributed by atoms with E-state index in [2.05, 4.69) is 6.92 Å². The number of hydrogen-bond acceptors (Lipinski definition) is 0. The van der Waals surface area contributed by atoms with E-state index < -0.39 is 17.5 Å². The summed E-state index contributed by atoms with van der Waals surface area (Å²) in [6, 6.07) is 9.88. The van der Waals surface area contributed by atoms with Gasteiger partial charge in [0, 0.05) is 5.56 Å². The van der Waals surface area contributed by atoms with E-state index in [1.165, 1.54) is 50.2 Å². The summed E-state index contributed by atoms with van der Waals surface area (Å²) in [6.45, 7) is 2.24. The molecule has 0 N–H and O–H groups in total. The lowest BCUT2D eigenvalue weighted by molar-refractivity contribution is 0.308. The summed E-state index contributed by atoms with van der Waals surface area (Å²) in [4.78, 5) is 0. The molecule has 0 heterocycles. The third-order valence-corrected chi connectivity index (χ3v) is 5.27. The normalized spacial score (nSPS) is 21.0. The standard InChI is InChI=1S/C21H23F3/c1-2-3-14-4-6-15(7-5-14)16-8-10-17(11-9-16)18-12-13-19(22)21(24)20(18)23/h8-15H,2-7H2,1H3/t14-,15-. The van der Waals surface area contributed by atoms with Gasteiger partial charge in [0.2, 0.25) is 0 Å². The summed E-state index contributed by atoms with van der Waals surface area (Å²) in [6.07, 6.45) is 7.52. The van der Waals surface area contributed by atoms with Crippen molar-refractivity contribution in [3.05, 3.63) is 59.4 Å². The molecule has 0 aromatic heterocycles. The van der Waals surface area contributed by atoms with Crippen LogP contribution >= 0.6 is 0 Å². The van der Waals surface area contributed by atoms with Gasteiger partial charge in [-0.1, -0.05) is 44.0 Å². The largest absolute Gasteiger partial charge is 0.204 e. The second kappa shape index (κ2) is 7.42. The van der Waals surface area contributed by atoms with Gasteiger partial charge >= 0.3 is 0 Å². The molecule has 0 aliphatic heterocycles. The highest BCUT2D eigenvalue weighted by molar-refractivity contribution is 5.64. The second-order valence-electron chi connectivity index (χ2n) is 6.85. The number of rotatable bonds is 4. The van der Waals surface area contributed by atoms with Crippen LogP contribution in [0.25, 0.3) is 11.1 Å². The minimum Gasteiger partial charge on any atom is -0.204 e. The first-order chi connectivity index (χ1) is 11.6. The molecule has 0 radical (unpaired) electrons. The van der Waals surface area contributed by atoms with Crippen molar-refractivity contribution in [2.24, 2.45) is 5.92 Å². The van der Waals surface area contributed by atoms with E-state index in [-0.39, 0.29) is 5.56 Å². The van der Waals surface area contributed by atoms with E-state index in [0.29, 0.717) is 11.5 Å². The Kier molecular flexibility index (Phi) is 5.27. The van der Waals surface area contributed by atoms with Gasteiger partial charge < -0.3 is 0 Å². The van der Waals surface area contributed by atoms with E-state index in [0.717, 1.165) is 12.0 Å². The van der Waals surface area contributed by atoms with Crippen molar-refractivity contribution in [3.8, 4) is 11.1 Å². The molecule has 0 bridgehead atoms. The zero-order valence-electron chi connectivity index (χ0n) is 14.0. The Bertz CT molecular complexity index is 683. The van der Waals surface area contributed by atoms with Crippen LogP contribution in [0.4, 0.5) is 13.2 Å². The topological polar surface area (TPSA) is 0 Å². The SMILES string of the molecule is CCC[C@H]1CC[C@H](c2ccc(-c3ccc(F)c(F)c3F)cc2)CC1. The van der Waals surface area contributed by atoms with Gasteiger partial charge in [0.1, 0.15) is 0 Å². The minimum absolute atomic E-state index is 0.104. The Morgan fingerprint density at radius 3 is 2.12 bits per heavy atom. The van der Waals surface area contributed by atoms with Crippen LogP contribution in [0.1, 0.15) is 56.9 Å². The average molecular weight is 332 g/mol. The Labute approximate surface area is 141 Å². The smallest absolute Gasteiger partial charge is 0.195 e. The van der Waals surface area contributed by atoms with E-state index in [1.807, 2.05) is 24.3 Å². The first kappa shape index (κ1) is 17.1. The summed E-state index contributed by atoms with van der Waals surface area (Å²) in [5.41, 5.74) is 1.94. The highest BCUT2D eigenvalue weighted by atomic mass is 19.2. The Hall–Kier alpha value is -1.77. The molecule has 0 unspecified atom stereocenters. The molecule has 1 fully saturated rings. The molecule has 3 rings (SSSR count). The van der Waals surface area contributed by atoms with Crippen LogP contribution in [0, 0.1) is 23.4 Å².